The zero-order valence-electron chi connectivity index (χ0n) is 12.5. The quantitative estimate of drug-likeness (QED) is 0.816. The average molecular weight is 322 g/mol. The number of Topliss-reactive ketones (excluding diaryl/α,β-unsaturated/α-hetero) is 1. The topological polar surface area (TPSA) is 46.3 Å². The van der Waals surface area contributed by atoms with Crippen molar-refractivity contribution in [3.05, 3.63) is 35.4 Å². The van der Waals surface area contributed by atoms with Crippen molar-refractivity contribution in [2.75, 3.05) is 6.54 Å². The molecule has 1 aromatic rings. The van der Waals surface area contributed by atoms with Crippen molar-refractivity contribution in [2.45, 2.75) is 44.5 Å². The minimum Gasteiger partial charge on any atom is -0.341 e. The number of carbonyl (C=O) groups is 1. The molecular formula is C16H22N2OS2. The Kier molecular flexibility index (Phi) is 5.79. The molecule has 0 amide bonds. The van der Waals surface area contributed by atoms with Gasteiger partial charge in [0.1, 0.15) is 9.57 Å². The molecule has 1 aromatic carbocycles. The number of thiocarbonyl (C=S) groups is 1. The van der Waals surface area contributed by atoms with Crippen molar-refractivity contribution in [3.63, 3.8) is 0 Å². The Hall–Kier alpha value is -0.910. The summed E-state index contributed by atoms with van der Waals surface area (Å²) in [6.45, 7) is 5.02. The van der Waals surface area contributed by atoms with E-state index < -0.39 is 0 Å². The molecule has 1 aliphatic rings. The van der Waals surface area contributed by atoms with E-state index in [4.69, 9.17) is 18.0 Å². The van der Waals surface area contributed by atoms with Gasteiger partial charge in [0.2, 0.25) is 0 Å². The van der Waals surface area contributed by atoms with Gasteiger partial charge < -0.3 is 10.6 Å². The highest BCUT2D eigenvalue weighted by Crippen LogP contribution is 2.31. The van der Waals surface area contributed by atoms with Crippen molar-refractivity contribution >= 4 is 34.1 Å². The third kappa shape index (κ3) is 4.05. The fourth-order valence-electron chi connectivity index (χ4n) is 2.48. The molecular weight excluding hydrogens is 300 g/mol. The SMILES string of the molecule is CCCCN1C(=S)S[C@H](C(=O)Cc2cccc(C)c2)[C@@H]1N. The molecule has 5 heteroatoms. The molecule has 2 rings (SSSR count). The van der Waals surface area contributed by atoms with Crippen molar-refractivity contribution in [1.29, 1.82) is 0 Å². The zero-order chi connectivity index (χ0) is 15.4. The third-order valence-corrected chi connectivity index (χ3v) is 5.42. The van der Waals surface area contributed by atoms with Crippen molar-refractivity contribution in [2.24, 2.45) is 5.73 Å². The van der Waals surface area contributed by atoms with Crippen LogP contribution in [0.25, 0.3) is 0 Å². The number of nitrogens with two attached hydrogens (primary N) is 1. The Morgan fingerprint density at radius 3 is 2.90 bits per heavy atom. The molecule has 2 N–H and O–H groups in total. The summed E-state index contributed by atoms with van der Waals surface area (Å²) < 4.78 is 0.763. The molecule has 0 radical (unpaired) electrons. The summed E-state index contributed by atoms with van der Waals surface area (Å²) in [5.41, 5.74) is 8.45. The molecule has 21 heavy (non-hydrogen) atoms. The summed E-state index contributed by atoms with van der Waals surface area (Å²) in [5, 5.41) is -0.241. The van der Waals surface area contributed by atoms with Gasteiger partial charge in [0, 0.05) is 13.0 Å². The van der Waals surface area contributed by atoms with E-state index in [0.29, 0.717) is 6.42 Å². The second-order valence-corrected chi connectivity index (χ2v) is 7.25. The van der Waals surface area contributed by atoms with Gasteiger partial charge in [-0.2, -0.15) is 0 Å². The molecule has 0 bridgehead atoms. The highest BCUT2D eigenvalue weighted by molar-refractivity contribution is 8.24. The minimum atomic E-state index is -0.286. The van der Waals surface area contributed by atoms with E-state index in [1.54, 1.807) is 0 Å². The van der Waals surface area contributed by atoms with Crippen LogP contribution in [0.4, 0.5) is 0 Å². The van der Waals surface area contributed by atoms with Gasteiger partial charge in [-0.25, -0.2) is 0 Å². The fraction of sp³-hybridized carbons (Fsp3) is 0.500. The molecule has 0 aromatic heterocycles. The lowest BCUT2D eigenvalue weighted by molar-refractivity contribution is -0.118. The molecule has 0 unspecified atom stereocenters. The van der Waals surface area contributed by atoms with Gasteiger partial charge in [0.15, 0.2) is 5.78 Å². The summed E-state index contributed by atoms with van der Waals surface area (Å²) in [6, 6.07) is 8.06. The van der Waals surface area contributed by atoms with E-state index in [2.05, 4.69) is 13.0 Å². The predicted molar refractivity (Wildman–Crippen MR) is 93.5 cm³/mol. The van der Waals surface area contributed by atoms with E-state index in [1.807, 2.05) is 30.0 Å². The first-order chi connectivity index (χ1) is 10.0. The molecule has 1 fully saturated rings. The summed E-state index contributed by atoms with van der Waals surface area (Å²) in [5.74, 6) is 0.166. The van der Waals surface area contributed by atoms with E-state index in [-0.39, 0.29) is 17.2 Å². The number of aryl methyl sites for hydroxylation is 1. The molecule has 1 saturated heterocycles. The molecule has 2 atom stereocenters. The first-order valence-corrected chi connectivity index (χ1v) is 8.62. The maximum atomic E-state index is 12.5. The number of nitrogens with zero attached hydrogens (tertiary/aromatic N) is 1. The monoisotopic (exact) mass is 322 g/mol. The van der Waals surface area contributed by atoms with Gasteiger partial charge >= 0.3 is 0 Å². The first-order valence-electron chi connectivity index (χ1n) is 7.34. The summed E-state index contributed by atoms with van der Waals surface area (Å²) in [6.07, 6.45) is 2.29. The van der Waals surface area contributed by atoms with Crippen LogP contribution in [0.2, 0.25) is 0 Å². The van der Waals surface area contributed by atoms with Gasteiger partial charge in [-0.3, -0.25) is 4.79 Å². The van der Waals surface area contributed by atoms with Crippen LogP contribution in [-0.4, -0.2) is 33.0 Å². The molecule has 114 valence electrons. The summed E-state index contributed by atoms with van der Waals surface area (Å²) in [4.78, 5) is 14.5. The number of rotatable bonds is 6. The standard InChI is InChI=1S/C16H22N2OS2/c1-3-4-8-18-15(17)14(21-16(18)20)13(19)10-12-7-5-6-11(2)9-12/h5-7,9,14-15H,3-4,8,10,17H2,1-2H3/t14-,15-/m1/s1. The smallest absolute Gasteiger partial charge is 0.154 e. The highest BCUT2D eigenvalue weighted by atomic mass is 32.2. The molecule has 0 saturated carbocycles. The first kappa shape index (κ1) is 16.5. The van der Waals surface area contributed by atoms with Crippen LogP contribution in [0.3, 0.4) is 0 Å². The van der Waals surface area contributed by atoms with Crippen molar-refractivity contribution < 1.29 is 4.79 Å². The van der Waals surface area contributed by atoms with E-state index >= 15 is 0 Å². The third-order valence-electron chi connectivity index (χ3n) is 3.66. The minimum absolute atomic E-state index is 0.166. The van der Waals surface area contributed by atoms with Crippen LogP contribution >= 0.6 is 24.0 Å². The van der Waals surface area contributed by atoms with Crippen molar-refractivity contribution in [1.82, 2.24) is 4.90 Å². The Morgan fingerprint density at radius 2 is 2.24 bits per heavy atom. The number of benzene rings is 1. The Balaban J connectivity index is 2.01. The lowest BCUT2D eigenvalue weighted by Crippen LogP contribution is -2.46. The number of ketones is 1. The van der Waals surface area contributed by atoms with Gasteiger partial charge in [0.25, 0.3) is 0 Å². The predicted octanol–water partition coefficient (Wildman–Crippen LogP) is 2.89. The number of hydrogen-bond acceptors (Lipinski definition) is 4. The average Bonchev–Trinajstić information content (AvgIpc) is 2.72. The molecule has 0 spiro atoms. The maximum absolute atomic E-state index is 12.5. The van der Waals surface area contributed by atoms with Crippen LogP contribution in [0, 0.1) is 6.92 Å². The second kappa shape index (κ2) is 7.38. The van der Waals surface area contributed by atoms with Crippen LogP contribution < -0.4 is 5.73 Å². The van der Waals surface area contributed by atoms with Crippen molar-refractivity contribution in [3.8, 4) is 0 Å². The number of unbranched alkanes of at least 4 members (excludes halogenated alkanes) is 1. The molecule has 1 aliphatic heterocycles. The van der Waals surface area contributed by atoms with E-state index in [1.165, 1.54) is 17.3 Å². The molecule has 1 heterocycles. The summed E-state index contributed by atoms with van der Waals surface area (Å²) in [7, 11) is 0. The normalized spacial score (nSPS) is 21.9. The number of hydrogen-bond donors (Lipinski definition) is 1. The lowest BCUT2D eigenvalue weighted by atomic mass is 10.0. The van der Waals surface area contributed by atoms with Crippen LogP contribution in [0.15, 0.2) is 24.3 Å². The Labute approximate surface area is 136 Å². The molecule has 3 nitrogen and oxygen atoms in total. The van der Waals surface area contributed by atoms with Crippen LogP contribution in [0.1, 0.15) is 30.9 Å². The largest absolute Gasteiger partial charge is 0.341 e. The maximum Gasteiger partial charge on any atom is 0.154 e. The van der Waals surface area contributed by atoms with Crippen LogP contribution in [-0.2, 0) is 11.2 Å². The lowest BCUT2D eigenvalue weighted by Gasteiger charge is -2.24. The van der Waals surface area contributed by atoms with Crippen LogP contribution in [0.5, 0.6) is 0 Å². The van der Waals surface area contributed by atoms with Gasteiger partial charge in [-0.05, 0) is 18.9 Å². The Bertz CT molecular complexity index is 533. The molecule has 0 aliphatic carbocycles. The van der Waals surface area contributed by atoms with E-state index in [0.717, 1.165) is 29.3 Å². The number of thioether (sulfide) groups is 1. The highest BCUT2D eigenvalue weighted by Gasteiger charge is 2.39. The number of carbonyl (C=O) groups excluding carboxylic acids is 1. The summed E-state index contributed by atoms with van der Waals surface area (Å²) >= 11 is 6.82. The van der Waals surface area contributed by atoms with Gasteiger partial charge in [-0.1, -0.05) is 67.2 Å². The van der Waals surface area contributed by atoms with Gasteiger partial charge in [-0.15, -0.1) is 0 Å². The van der Waals surface area contributed by atoms with Gasteiger partial charge in [0.05, 0.1) is 6.17 Å². The second-order valence-electron chi connectivity index (χ2n) is 5.47. The Morgan fingerprint density at radius 1 is 1.48 bits per heavy atom. The zero-order valence-corrected chi connectivity index (χ0v) is 14.2. The fourth-order valence-corrected chi connectivity index (χ4v) is 4.07. The van der Waals surface area contributed by atoms with E-state index in [9.17, 15) is 4.79 Å².